The van der Waals surface area contributed by atoms with Crippen LogP contribution in [0.5, 0.6) is 0 Å². The van der Waals surface area contributed by atoms with E-state index in [1.54, 1.807) is 0 Å². The maximum Gasteiger partial charge on any atom is 0.272 e. The molecule has 2 N–H and O–H groups in total. The highest BCUT2D eigenvalue weighted by atomic mass is 19.3. The van der Waals surface area contributed by atoms with E-state index in [4.69, 9.17) is 5.11 Å². The van der Waals surface area contributed by atoms with Crippen LogP contribution in [0.1, 0.15) is 17.7 Å². The van der Waals surface area contributed by atoms with E-state index in [2.05, 4.69) is 0 Å². The summed E-state index contributed by atoms with van der Waals surface area (Å²) in [5.74, 6) is -1.30. The molecular formula is C7H6F3NO2. The van der Waals surface area contributed by atoms with Crippen LogP contribution in [-0.4, -0.2) is 10.1 Å². The van der Waals surface area contributed by atoms with Gasteiger partial charge in [0.1, 0.15) is 11.4 Å². The van der Waals surface area contributed by atoms with Crippen molar-refractivity contribution in [1.29, 1.82) is 0 Å². The Hall–Kier alpha value is -1.30. The van der Waals surface area contributed by atoms with Gasteiger partial charge in [-0.25, -0.2) is 13.2 Å². The lowest BCUT2D eigenvalue weighted by atomic mass is 10.2. The van der Waals surface area contributed by atoms with E-state index in [1.165, 1.54) is 0 Å². The number of halogens is 3. The molecule has 72 valence electrons. The molecule has 1 aromatic heterocycles. The van der Waals surface area contributed by atoms with E-state index in [-0.39, 0.29) is 5.69 Å². The van der Waals surface area contributed by atoms with E-state index >= 15 is 0 Å². The third kappa shape index (κ3) is 1.89. The average Bonchev–Trinajstić information content (AvgIpc) is 2.02. The highest BCUT2D eigenvalue weighted by Gasteiger charge is 2.18. The van der Waals surface area contributed by atoms with E-state index < -0.39 is 30.0 Å². The zero-order valence-corrected chi connectivity index (χ0v) is 6.35. The largest absolute Gasteiger partial charge is 0.390 e. The van der Waals surface area contributed by atoms with Crippen molar-refractivity contribution in [1.82, 2.24) is 4.98 Å². The smallest absolute Gasteiger partial charge is 0.272 e. The van der Waals surface area contributed by atoms with Gasteiger partial charge in [0.05, 0.1) is 6.61 Å². The van der Waals surface area contributed by atoms with Gasteiger partial charge in [0, 0.05) is 5.69 Å². The van der Waals surface area contributed by atoms with E-state index in [0.717, 1.165) is 0 Å². The predicted octanol–water partition coefficient (Wildman–Crippen LogP) is 0.944. The molecule has 13 heavy (non-hydrogen) atoms. The number of aromatic amines is 1. The molecular weight excluding hydrogens is 187 g/mol. The molecule has 1 rings (SSSR count). The van der Waals surface area contributed by atoms with Crippen molar-refractivity contribution < 1.29 is 18.3 Å². The third-order valence-electron chi connectivity index (χ3n) is 1.47. The summed E-state index contributed by atoms with van der Waals surface area (Å²) in [6, 6.07) is 0.670. The van der Waals surface area contributed by atoms with Crippen LogP contribution >= 0.6 is 0 Å². The number of hydrogen-bond acceptors (Lipinski definition) is 2. The number of aliphatic hydroxyl groups is 1. The van der Waals surface area contributed by atoms with Crippen LogP contribution in [0.25, 0.3) is 0 Å². The fourth-order valence-corrected chi connectivity index (χ4v) is 0.877. The van der Waals surface area contributed by atoms with Gasteiger partial charge in [0.25, 0.3) is 12.0 Å². The van der Waals surface area contributed by atoms with Crippen molar-refractivity contribution >= 4 is 0 Å². The Balaban J connectivity index is 3.32. The lowest BCUT2D eigenvalue weighted by Crippen LogP contribution is -2.17. The first-order valence-electron chi connectivity index (χ1n) is 3.37. The molecule has 0 unspecified atom stereocenters. The Labute approximate surface area is 70.8 Å². The maximum absolute atomic E-state index is 12.7. The summed E-state index contributed by atoms with van der Waals surface area (Å²) >= 11 is 0. The van der Waals surface area contributed by atoms with Crippen LogP contribution < -0.4 is 5.56 Å². The van der Waals surface area contributed by atoms with Crippen molar-refractivity contribution in [3.05, 3.63) is 33.5 Å². The summed E-state index contributed by atoms with van der Waals surface area (Å²) in [6.45, 7) is -0.602. The number of rotatable bonds is 2. The van der Waals surface area contributed by atoms with Gasteiger partial charge >= 0.3 is 0 Å². The number of aliphatic hydroxyl groups excluding tert-OH is 1. The fraction of sp³-hybridized carbons (Fsp3) is 0.286. The van der Waals surface area contributed by atoms with Gasteiger partial charge in [-0.3, -0.25) is 4.79 Å². The average molecular weight is 193 g/mol. The van der Waals surface area contributed by atoms with Gasteiger partial charge in [0.15, 0.2) is 0 Å². The Kier molecular flexibility index (Phi) is 2.72. The van der Waals surface area contributed by atoms with E-state index in [9.17, 15) is 18.0 Å². The van der Waals surface area contributed by atoms with Crippen LogP contribution in [-0.2, 0) is 6.61 Å². The second-order valence-electron chi connectivity index (χ2n) is 2.34. The zero-order valence-electron chi connectivity index (χ0n) is 6.35. The molecule has 3 nitrogen and oxygen atoms in total. The molecule has 1 heterocycles. The molecule has 1 aromatic rings. The monoisotopic (exact) mass is 193 g/mol. The number of pyridine rings is 1. The van der Waals surface area contributed by atoms with Crippen LogP contribution in [0.3, 0.4) is 0 Å². The molecule has 6 heteroatoms. The van der Waals surface area contributed by atoms with Crippen LogP contribution in [0.15, 0.2) is 10.9 Å². The molecule has 0 aliphatic heterocycles. The van der Waals surface area contributed by atoms with Gasteiger partial charge in [-0.2, -0.15) is 0 Å². The normalized spacial score (nSPS) is 10.8. The summed E-state index contributed by atoms with van der Waals surface area (Å²) in [5.41, 5.74) is -2.54. The number of aromatic nitrogens is 1. The summed E-state index contributed by atoms with van der Waals surface area (Å²) in [4.78, 5) is 12.7. The van der Waals surface area contributed by atoms with E-state index in [1.807, 2.05) is 4.98 Å². The van der Waals surface area contributed by atoms with Crippen LogP contribution in [0.2, 0.25) is 0 Å². The second-order valence-corrected chi connectivity index (χ2v) is 2.34. The molecule has 0 fully saturated rings. The molecule has 0 aromatic carbocycles. The van der Waals surface area contributed by atoms with Crippen LogP contribution in [0, 0.1) is 5.82 Å². The molecule has 0 amide bonds. The first-order chi connectivity index (χ1) is 6.06. The minimum atomic E-state index is -3.16. The number of H-pyrrole nitrogens is 1. The highest BCUT2D eigenvalue weighted by Crippen LogP contribution is 2.17. The Morgan fingerprint density at radius 3 is 2.54 bits per heavy atom. The molecule has 0 atom stereocenters. The molecule has 0 saturated heterocycles. The summed E-state index contributed by atoms with van der Waals surface area (Å²) < 4.78 is 36.7. The highest BCUT2D eigenvalue weighted by molar-refractivity contribution is 5.17. The predicted molar refractivity (Wildman–Crippen MR) is 37.9 cm³/mol. The van der Waals surface area contributed by atoms with Crippen molar-refractivity contribution in [2.24, 2.45) is 0 Å². The number of nitrogens with one attached hydrogen (secondary N) is 1. The fourth-order valence-electron chi connectivity index (χ4n) is 0.877. The van der Waals surface area contributed by atoms with E-state index in [0.29, 0.717) is 6.07 Å². The Morgan fingerprint density at radius 2 is 2.15 bits per heavy atom. The molecule has 0 radical (unpaired) electrons. The topological polar surface area (TPSA) is 53.1 Å². The number of hydrogen-bond donors (Lipinski definition) is 2. The minimum absolute atomic E-state index is 0.132. The van der Waals surface area contributed by atoms with Crippen LogP contribution in [0.4, 0.5) is 13.2 Å². The number of alkyl halides is 2. The van der Waals surface area contributed by atoms with Crippen molar-refractivity contribution in [3.8, 4) is 0 Å². The molecule has 0 spiro atoms. The first kappa shape index (κ1) is 9.79. The lowest BCUT2D eigenvalue weighted by Gasteiger charge is -2.02. The second kappa shape index (κ2) is 3.61. The van der Waals surface area contributed by atoms with Gasteiger partial charge in [-0.15, -0.1) is 0 Å². The standard InChI is InChI=1S/C7H6F3NO2/c8-4-1-3(2-12)11-7(13)5(4)6(9)10/h1,6,12H,2H2,(H,11,13). The van der Waals surface area contributed by atoms with Crippen molar-refractivity contribution in [2.45, 2.75) is 13.0 Å². The van der Waals surface area contributed by atoms with Crippen molar-refractivity contribution in [2.75, 3.05) is 0 Å². The molecule has 0 aliphatic rings. The third-order valence-corrected chi connectivity index (χ3v) is 1.47. The Bertz CT molecular complexity index is 361. The summed E-state index contributed by atoms with van der Waals surface area (Å²) in [5, 5.41) is 8.49. The maximum atomic E-state index is 12.7. The van der Waals surface area contributed by atoms with Gasteiger partial charge in [-0.05, 0) is 6.07 Å². The quantitative estimate of drug-likeness (QED) is 0.734. The summed E-state index contributed by atoms with van der Waals surface area (Å²) in [7, 11) is 0. The van der Waals surface area contributed by atoms with Crippen molar-refractivity contribution in [3.63, 3.8) is 0 Å². The molecule has 0 bridgehead atoms. The SMILES string of the molecule is O=c1[nH]c(CO)cc(F)c1C(F)F. The van der Waals surface area contributed by atoms with Gasteiger partial charge in [0.2, 0.25) is 0 Å². The first-order valence-corrected chi connectivity index (χ1v) is 3.37. The molecule has 0 aliphatic carbocycles. The lowest BCUT2D eigenvalue weighted by molar-refractivity contribution is 0.144. The summed E-state index contributed by atoms with van der Waals surface area (Å²) in [6.07, 6.45) is -3.16. The Morgan fingerprint density at radius 1 is 1.54 bits per heavy atom. The van der Waals surface area contributed by atoms with Gasteiger partial charge < -0.3 is 10.1 Å². The zero-order chi connectivity index (χ0) is 10.0. The minimum Gasteiger partial charge on any atom is -0.390 e. The molecule has 0 saturated carbocycles. The van der Waals surface area contributed by atoms with Gasteiger partial charge in [-0.1, -0.05) is 0 Å².